The van der Waals surface area contributed by atoms with Crippen molar-refractivity contribution >= 4 is 21.5 Å². The summed E-state index contributed by atoms with van der Waals surface area (Å²) in [7, 11) is 2.04. The molecule has 0 aliphatic heterocycles. The predicted octanol–water partition coefficient (Wildman–Crippen LogP) is 6.10. The van der Waals surface area contributed by atoms with E-state index in [0.717, 1.165) is 28.3 Å². The Hall–Kier alpha value is -3.83. The Labute approximate surface area is 170 Å². The normalized spacial score (nSPS) is 10.8. The van der Waals surface area contributed by atoms with Crippen LogP contribution in [0.1, 0.15) is 17.0 Å². The Morgan fingerprint density at radius 3 is 1.97 bits per heavy atom. The molecule has 0 radical (unpaired) electrons. The number of imidazole rings is 1. The first-order chi connectivity index (χ1) is 14.2. The molecule has 0 spiro atoms. The summed E-state index contributed by atoms with van der Waals surface area (Å²) in [6.07, 6.45) is 0. The minimum absolute atomic E-state index is 0.823. The van der Waals surface area contributed by atoms with E-state index in [1.165, 1.54) is 21.5 Å². The van der Waals surface area contributed by atoms with Gasteiger partial charge in [-0.05, 0) is 40.5 Å². The molecule has 138 valence electrons. The second-order valence-electron chi connectivity index (χ2n) is 7.24. The van der Waals surface area contributed by atoms with Gasteiger partial charge in [-0.25, -0.2) is 4.98 Å². The highest BCUT2D eigenvalue weighted by molar-refractivity contribution is 6.04. The van der Waals surface area contributed by atoms with Gasteiger partial charge in [-0.3, -0.25) is 0 Å². The molecule has 0 bridgehead atoms. The average molecular weight is 372 g/mol. The Kier molecular flexibility index (Phi) is 4.15. The first-order valence-corrected chi connectivity index (χ1v) is 9.73. The lowest BCUT2D eigenvalue weighted by molar-refractivity contribution is 0.883. The second-order valence-corrected chi connectivity index (χ2v) is 7.24. The molecule has 0 saturated carbocycles. The summed E-state index contributed by atoms with van der Waals surface area (Å²) in [5.41, 5.74) is 4.05. The lowest BCUT2D eigenvalue weighted by atomic mass is 9.97. The topological polar surface area (TPSA) is 17.8 Å². The van der Waals surface area contributed by atoms with E-state index in [1.54, 1.807) is 0 Å². The van der Waals surface area contributed by atoms with Crippen molar-refractivity contribution in [3.63, 3.8) is 0 Å². The van der Waals surface area contributed by atoms with E-state index in [4.69, 9.17) is 4.98 Å². The van der Waals surface area contributed by atoms with Crippen LogP contribution in [0.3, 0.4) is 0 Å². The number of benzene rings is 4. The van der Waals surface area contributed by atoms with Crippen LogP contribution in [-0.2, 0) is 7.05 Å². The zero-order chi connectivity index (χ0) is 19.8. The zero-order valence-corrected chi connectivity index (χ0v) is 16.5. The molecule has 1 heterocycles. The highest BCUT2D eigenvalue weighted by atomic mass is 15.1. The molecular weight excluding hydrogens is 352 g/mol. The van der Waals surface area contributed by atoms with E-state index in [1.807, 2.05) is 25.2 Å². The fourth-order valence-electron chi connectivity index (χ4n) is 3.81. The third-order valence-electron chi connectivity index (χ3n) is 5.49. The Morgan fingerprint density at radius 1 is 0.724 bits per heavy atom. The maximum atomic E-state index is 4.84. The van der Waals surface area contributed by atoms with Crippen LogP contribution in [0, 0.1) is 18.8 Å². The molecule has 0 amide bonds. The van der Waals surface area contributed by atoms with Crippen LogP contribution in [0.4, 0.5) is 0 Å². The van der Waals surface area contributed by atoms with Crippen LogP contribution in [0.2, 0.25) is 0 Å². The van der Waals surface area contributed by atoms with Crippen molar-refractivity contribution in [1.29, 1.82) is 0 Å². The Balaban J connectivity index is 1.70. The number of nitrogens with zero attached hydrogens (tertiary/aromatic N) is 2. The minimum atomic E-state index is 0.823. The summed E-state index contributed by atoms with van der Waals surface area (Å²) in [6.45, 7) is 2.07. The lowest BCUT2D eigenvalue weighted by Crippen LogP contribution is -1.94. The van der Waals surface area contributed by atoms with Crippen LogP contribution < -0.4 is 0 Å². The van der Waals surface area contributed by atoms with Crippen molar-refractivity contribution in [2.24, 2.45) is 7.05 Å². The summed E-state index contributed by atoms with van der Waals surface area (Å²) < 4.78 is 2.11. The fraction of sp³-hybridized carbons (Fsp3) is 0.0741. The smallest absolute Gasteiger partial charge is 0.141 e. The molecule has 0 N–H and O–H groups in total. The van der Waals surface area contributed by atoms with Crippen LogP contribution >= 0.6 is 0 Å². The van der Waals surface area contributed by atoms with Gasteiger partial charge in [-0.15, -0.1) is 0 Å². The van der Waals surface area contributed by atoms with Crippen LogP contribution in [0.5, 0.6) is 0 Å². The molecular formula is C27H20N2. The largest absolute Gasteiger partial charge is 0.330 e. The predicted molar refractivity (Wildman–Crippen MR) is 121 cm³/mol. The summed E-state index contributed by atoms with van der Waals surface area (Å²) in [5, 5.41) is 4.77. The monoisotopic (exact) mass is 372 g/mol. The lowest BCUT2D eigenvalue weighted by Gasteiger charge is -2.06. The van der Waals surface area contributed by atoms with Gasteiger partial charge in [0.2, 0.25) is 0 Å². The highest BCUT2D eigenvalue weighted by Crippen LogP contribution is 2.28. The van der Waals surface area contributed by atoms with Gasteiger partial charge in [0.15, 0.2) is 0 Å². The molecule has 0 atom stereocenters. The molecule has 0 saturated heterocycles. The quantitative estimate of drug-likeness (QED) is 0.257. The van der Waals surface area contributed by atoms with Crippen molar-refractivity contribution in [2.45, 2.75) is 6.92 Å². The third kappa shape index (κ3) is 2.98. The molecule has 0 fully saturated rings. The second kappa shape index (κ2) is 6.96. The number of hydrogen-bond donors (Lipinski definition) is 0. The van der Waals surface area contributed by atoms with Crippen LogP contribution in [-0.4, -0.2) is 9.55 Å². The standard InChI is InChI=1S/C27H20N2/c1-19-26(28-27(29(19)2)20-10-4-3-5-11-20)17-16-25-23-14-8-6-12-21(23)18-22-13-7-9-15-24(22)25/h3-15,18H,1-2H3. The van der Waals surface area contributed by atoms with E-state index in [9.17, 15) is 0 Å². The highest BCUT2D eigenvalue weighted by Gasteiger charge is 2.11. The molecule has 1 aromatic heterocycles. The van der Waals surface area contributed by atoms with Gasteiger partial charge >= 0.3 is 0 Å². The zero-order valence-electron chi connectivity index (χ0n) is 16.5. The van der Waals surface area contributed by atoms with E-state index in [2.05, 4.69) is 90.1 Å². The summed E-state index contributed by atoms with van der Waals surface area (Å²) in [5.74, 6) is 7.76. The molecule has 0 aliphatic rings. The van der Waals surface area contributed by atoms with E-state index < -0.39 is 0 Å². The van der Waals surface area contributed by atoms with Gasteiger partial charge in [0, 0.05) is 18.2 Å². The number of hydrogen-bond acceptors (Lipinski definition) is 1. The molecule has 2 nitrogen and oxygen atoms in total. The van der Waals surface area contributed by atoms with Gasteiger partial charge < -0.3 is 4.57 Å². The van der Waals surface area contributed by atoms with E-state index in [-0.39, 0.29) is 0 Å². The molecule has 0 aliphatic carbocycles. The molecule has 2 heteroatoms. The van der Waals surface area contributed by atoms with Crippen LogP contribution in [0.25, 0.3) is 32.9 Å². The van der Waals surface area contributed by atoms with E-state index >= 15 is 0 Å². The Bertz CT molecular complexity index is 1360. The van der Waals surface area contributed by atoms with Crippen molar-refractivity contribution in [3.05, 3.63) is 102 Å². The third-order valence-corrected chi connectivity index (χ3v) is 5.49. The van der Waals surface area contributed by atoms with Gasteiger partial charge in [0.1, 0.15) is 11.5 Å². The van der Waals surface area contributed by atoms with Crippen molar-refractivity contribution in [3.8, 4) is 23.2 Å². The van der Waals surface area contributed by atoms with Crippen molar-refractivity contribution in [1.82, 2.24) is 9.55 Å². The minimum Gasteiger partial charge on any atom is -0.330 e. The molecule has 0 unspecified atom stereocenters. The van der Waals surface area contributed by atoms with Crippen molar-refractivity contribution in [2.75, 3.05) is 0 Å². The molecule has 29 heavy (non-hydrogen) atoms. The number of rotatable bonds is 1. The van der Waals surface area contributed by atoms with Crippen molar-refractivity contribution < 1.29 is 0 Å². The summed E-state index contributed by atoms with van der Waals surface area (Å²) in [4.78, 5) is 4.84. The summed E-state index contributed by atoms with van der Waals surface area (Å²) in [6, 6.07) is 29.4. The molecule has 5 rings (SSSR count). The number of fused-ring (bicyclic) bond motifs is 2. The van der Waals surface area contributed by atoms with Crippen LogP contribution in [0.15, 0.2) is 84.9 Å². The summed E-state index contributed by atoms with van der Waals surface area (Å²) >= 11 is 0. The molecule has 4 aromatic carbocycles. The molecule has 5 aromatic rings. The first kappa shape index (κ1) is 17.3. The first-order valence-electron chi connectivity index (χ1n) is 9.73. The maximum Gasteiger partial charge on any atom is 0.141 e. The fourth-order valence-corrected chi connectivity index (χ4v) is 3.81. The maximum absolute atomic E-state index is 4.84. The van der Waals surface area contributed by atoms with E-state index in [0.29, 0.717) is 0 Å². The van der Waals surface area contributed by atoms with Gasteiger partial charge in [-0.2, -0.15) is 0 Å². The average Bonchev–Trinajstić information content (AvgIpc) is 3.06. The van der Waals surface area contributed by atoms with Gasteiger partial charge in [0.25, 0.3) is 0 Å². The SMILES string of the molecule is Cc1c(C#Cc2c3ccccc3cc3ccccc23)nc(-c2ccccc2)n1C. The Morgan fingerprint density at radius 2 is 1.31 bits per heavy atom. The van der Waals surface area contributed by atoms with Gasteiger partial charge in [-0.1, -0.05) is 84.8 Å². The van der Waals surface area contributed by atoms with Gasteiger partial charge in [0.05, 0.1) is 5.69 Å². The number of aromatic nitrogens is 2.